The van der Waals surface area contributed by atoms with Gasteiger partial charge >= 0.3 is 0 Å². The molecule has 0 atom stereocenters. The van der Waals surface area contributed by atoms with Crippen molar-refractivity contribution in [1.82, 2.24) is 9.55 Å². The highest BCUT2D eigenvalue weighted by Crippen LogP contribution is 2.06. The molecule has 0 spiro atoms. The van der Waals surface area contributed by atoms with E-state index in [1.165, 1.54) is 10.9 Å². The summed E-state index contributed by atoms with van der Waals surface area (Å²) in [6, 6.07) is 3.67. The molecule has 0 aliphatic carbocycles. The van der Waals surface area contributed by atoms with Crippen LogP contribution in [-0.4, -0.2) is 15.3 Å². The minimum absolute atomic E-state index is 0.00777. The van der Waals surface area contributed by atoms with E-state index in [9.17, 15) is 4.79 Å². The van der Waals surface area contributed by atoms with Crippen molar-refractivity contribution in [1.29, 1.82) is 10.5 Å². The summed E-state index contributed by atoms with van der Waals surface area (Å²) in [5.74, 6) is -0.0853. The average molecular weight is 202 g/mol. The van der Waals surface area contributed by atoms with E-state index >= 15 is 0 Å². The molecule has 0 bridgehead atoms. The summed E-state index contributed by atoms with van der Waals surface area (Å²) in [4.78, 5) is 15.2. The fourth-order valence-electron chi connectivity index (χ4n) is 1.05. The summed E-state index contributed by atoms with van der Waals surface area (Å²) in [5.41, 5.74) is 0.209. The number of nitriles is 2. The Morgan fingerprint density at radius 1 is 1.53 bits per heavy atom. The molecule has 0 aliphatic heterocycles. The van der Waals surface area contributed by atoms with Crippen molar-refractivity contribution in [3.05, 3.63) is 17.7 Å². The summed E-state index contributed by atoms with van der Waals surface area (Å²) < 4.78 is 1.40. The van der Waals surface area contributed by atoms with Gasteiger partial charge in [0.05, 0.1) is 12.9 Å². The van der Waals surface area contributed by atoms with Crippen molar-refractivity contribution in [2.75, 3.05) is 0 Å². The molecule has 0 unspecified atom stereocenters. The lowest BCUT2D eigenvalue weighted by molar-refractivity contribution is -0.122. The van der Waals surface area contributed by atoms with Gasteiger partial charge in [0, 0.05) is 5.92 Å². The number of carbonyl (C=O) groups excluding carboxylic acids is 1. The second-order valence-electron chi connectivity index (χ2n) is 3.41. The molecule has 76 valence electrons. The third-order valence-corrected chi connectivity index (χ3v) is 2.02. The van der Waals surface area contributed by atoms with Crippen LogP contribution in [0.15, 0.2) is 6.33 Å². The Morgan fingerprint density at radius 3 is 2.67 bits per heavy atom. The van der Waals surface area contributed by atoms with E-state index in [0.29, 0.717) is 0 Å². The molecule has 0 amide bonds. The van der Waals surface area contributed by atoms with E-state index in [4.69, 9.17) is 10.5 Å². The second kappa shape index (κ2) is 4.39. The zero-order valence-corrected chi connectivity index (χ0v) is 8.56. The second-order valence-corrected chi connectivity index (χ2v) is 3.41. The zero-order chi connectivity index (χ0) is 11.4. The molecule has 15 heavy (non-hydrogen) atoms. The molecule has 1 rings (SSSR count). The van der Waals surface area contributed by atoms with Crippen LogP contribution >= 0.6 is 0 Å². The minimum atomic E-state index is -0.0931. The van der Waals surface area contributed by atoms with Gasteiger partial charge in [0.2, 0.25) is 0 Å². The summed E-state index contributed by atoms with van der Waals surface area (Å²) in [6.07, 6.45) is 1.34. The van der Waals surface area contributed by atoms with E-state index in [-0.39, 0.29) is 29.6 Å². The Labute approximate surface area is 87.6 Å². The van der Waals surface area contributed by atoms with Gasteiger partial charge < -0.3 is 4.57 Å². The number of imidazole rings is 1. The first-order valence-corrected chi connectivity index (χ1v) is 4.48. The van der Waals surface area contributed by atoms with Crippen molar-refractivity contribution in [2.24, 2.45) is 5.92 Å². The van der Waals surface area contributed by atoms with Crippen LogP contribution in [0.25, 0.3) is 0 Å². The van der Waals surface area contributed by atoms with E-state index in [0.717, 1.165) is 0 Å². The molecule has 0 saturated heterocycles. The topological polar surface area (TPSA) is 82.5 Å². The fourth-order valence-corrected chi connectivity index (χ4v) is 1.05. The molecular weight excluding hydrogens is 192 g/mol. The highest BCUT2D eigenvalue weighted by Gasteiger charge is 2.14. The zero-order valence-electron chi connectivity index (χ0n) is 8.56. The molecule has 1 aromatic rings. The standard InChI is InChI=1S/C10H10N4O/c1-7(2)10(15)5-14-6-13-8(3-11)9(14)4-12/h6-7H,5H2,1-2H3. The average Bonchev–Trinajstić information content (AvgIpc) is 2.59. The lowest BCUT2D eigenvalue weighted by atomic mass is 10.1. The maximum absolute atomic E-state index is 11.4. The number of hydrogen-bond acceptors (Lipinski definition) is 4. The van der Waals surface area contributed by atoms with Gasteiger partial charge in [0.15, 0.2) is 17.2 Å². The van der Waals surface area contributed by atoms with Crippen LogP contribution < -0.4 is 0 Å². The monoisotopic (exact) mass is 202 g/mol. The Bertz CT molecular complexity index is 459. The predicted octanol–water partition coefficient (Wildman–Crippen LogP) is 0.852. The highest BCUT2D eigenvalue weighted by molar-refractivity contribution is 5.80. The van der Waals surface area contributed by atoms with Crippen molar-refractivity contribution in [3.8, 4) is 12.1 Å². The molecule has 0 saturated carbocycles. The number of carbonyl (C=O) groups is 1. The number of aromatic nitrogens is 2. The first kappa shape index (κ1) is 10.9. The quantitative estimate of drug-likeness (QED) is 0.727. The number of Topliss-reactive ketones (excluding diaryl/α,β-unsaturated/α-hetero) is 1. The molecule has 0 fully saturated rings. The van der Waals surface area contributed by atoms with Crippen LogP contribution in [0.3, 0.4) is 0 Å². The maximum Gasteiger partial charge on any atom is 0.176 e. The molecule has 1 heterocycles. The predicted molar refractivity (Wildman–Crippen MR) is 51.5 cm³/mol. The Balaban J connectivity index is 2.98. The Hall–Kier alpha value is -2.14. The number of rotatable bonds is 3. The molecule has 0 N–H and O–H groups in total. The Kier molecular flexibility index (Phi) is 3.20. The maximum atomic E-state index is 11.4. The lowest BCUT2D eigenvalue weighted by Gasteiger charge is -2.05. The van der Waals surface area contributed by atoms with Crippen molar-refractivity contribution in [3.63, 3.8) is 0 Å². The van der Waals surface area contributed by atoms with Crippen molar-refractivity contribution >= 4 is 5.78 Å². The Morgan fingerprint density at radius 2 is 2.20 bits per heavy atom. The molecule has 0 radical (unpaired) electrons. The largest absolute Gasteiger partial charge is 0.314 e. The SMILES string of the molecule is CC(C)C(=O)Cn1cnc(C#N)c1C#N. The molecule has 1 aromatic heterocycles. The van der Waals surface area contributed by atoms with Crippen molar-refractivity contribution in [2.45, 2.75) is 20.4 Å². The van der Waals surface area contributed by atoms with Gasteiger partial charge in [-0.2, -0.15) is 10.5 Å². The van der Waals surface area contributed by atoms with Gasteiger partial charge in [0.1, 0.15) is 12.1 Å². The molecule has 5 nitrogen and oxygen atoms in total. The first-order valence-electron chi connectivity index (χ1n) is 4.48. The van der Waals surface area contributed by atoms with Gasteiger partial charge in [-0.25, -0.2) is 4.98 Å². The number of hydrogen-bond donors (Lipinski definition) is 0. The molecule has 0 aliphatic rings. The van der Waals surface area contributed by atoms with Crippen LogP contribution in [-0.2, 0) is 11.3 Å². The highest BCUT2D eigenvalue weighted by atomic mass is 16.1. The van der Waals surface area contributed by atoms with Crippen LogP contribution in [0.4, 0.5) is 0 Å². The van der Waals surface area contributed by atoms with E-state index < -0.39 is 0 Å². The first-order chi connectivity index (χ1) is 7.10. The van der Waals surface area contributed by atoms with E-state index in [1.807, 2.05) is 6.07 Å². The molecule has 0 aromatic carbocycles. The normalized spacial score (nSPS) is 9.67. The van der Waals surface area contributed by atoms with Gasteiger partial charge in [-0.15, -0.1) is 0 Å². The van der Waals surface area contributed by atoms with E-state index in [2.05, 4.69) is 4.98 Å². The third-order valence-electron chi connectivity index (χ3n) is 2.02. The summed E-state index contributed by atoms with van der Waals surface area (Å²) in [6.45, 7) is 3.67. The van der Waals surface area contributed by atoms with Crippen LogP contribution in [0.1, 0.15) is 25.2 Å². The van der Waals surface area contributed by atoms with Gasteiger partial charge in [-0.3, -0.25) is 4.79 Å². The smallest absolute Gasteiger partial charge is 0.176 e. The van der Waals surface area contributed by atoms with E-state index in [1.54, 1.807) is 19.9 Å². The van der Waals surface area contributed by atoms with Crippen LogP contribution in [0.5, 0.6) is 0 Å². The van der Waals surface area contributed by atoms with Gasteiger partial charge in [-0.1, -0.05) is 13.8 Å². The number of nitrogens with zero attached hydrogens (tertiary/aromatic N) is 4. The van der Waals surface area contributed by atoms with Gasteiger partial charge in [0.25, 0.3) is 0 Å². The van der Waals surface area contributed by atoms with Crippen LogP contribution in [0, 0.1) is 28.6 Å². The molecular formula is C10H10N4O. The molecule has 5 heteroatoms. The summed E-state index contributed by atoms with van der Waals surface area (Å²) >= 11 is 0. The fraction of sp³-hybridized carbons (Fsp3) is 0.400. The summed E-state index contributed by atoms with van der Waals surface area (Å²) in [7, 11) is 0. The van der Waals surface area contributed by atoms with Crippen LogP contribution in [0.2, 0.25) is 0 Å². The third kappa shape index (κ3) is 2.21. The van der Waals surface area contributed by atoms with Gasteiger partial charge in [-0.05, 0) is 0 Å². The minimum Gasteiger partial charge on any atom is -0.314 e. The lowest BCUT2D eigenvalue weighted by Crippen LogP contribution is -2.16. The summed E-state index contributed by atoms with van der Waals surface area (Å²) in [5, 5.41) is 17.4. The number of ketones is 1. The van der Waals surface area contributed by atoms with Crippen molar-refractivity contribution < 1.29 is 4.79 Å².